The Morgan fingerprint density at radius 3 is 2.71 bits per heavy atom. The monoisotopic (exact) mass is 201 g/mol. The van der Waals surface area contributed by atoms with Gasteiger partial charge in [0, 0.05) is 19.5 Å². The van der Waals surface area contributed by atoms with Gasteiger partial charge in [-0.25, -0.2) is 4.79 Å². The number of carbonyl (C=O) groups is 1. The molecule has 0 saturated heterocycles. The molecule has 14 heavy (non-hydrogen) atoms. The van der Waals surface area contributed by atoms with Gasteiger partial charge in [0.15, 0.2) is 6.54 Å². The second-order valence-electron chi connectivity index (χ2n) is 4.06. The predicted molar refractivity (Wildman–Crippen MR) is 57.2 cm³/mol. The number of carboxylic acid groups (broad SMARTS) is 1. The van der Waals surface area contributed by atoms with Crippen LogP contribution in [-0.2, 0) is 4.79 Å². The van der Waals surface area contributed by atoms with Crippen LogP contribution in [0.15, 0.2) is 12.7 Å². The summed E-state index contributed by atoms with van der Waals surface area (Å²) in [7, 11) is 3.86. The van der Waals surface area contributed by atoms with E-state index in [9.17, 15) is 4.79 Å². The zero-order valence-corrected chi connectivity index (χ0v) is 9.12. The minimum Gasteiger partial charge on any atom is -0.477 e. The molecule has 0 radical (unpaired) electrons. The summed E-state index contributed by atoms with van der Waals surface area (Å²) in [5.41, 5.74) is 0. The highest BCUT2D eigenvalue weighted by Gasteiger charge is 2.18. The van der Waals surface area contributed by atoms with Gasteiger partial charge in [-0.1, -0.05) is 6.08 Å². The Balaban J connectivity index is 3.54. The van der Waals surface area contributed by atoms with E-state index in [0.29, 0.717) is 4.48 Å². The molecule has 0 aromatic rings. The second-order valence-corrected chi connectivity index (χ2v) is 4.06. The van der Waals surface area contributed by atoms with Crippen molar-refractivity contribution in [1.29, 1.82) is 0 Å². The lowest BCUT2D eigenvalue weighted by Gasteiger charge is -2.27. The van der Waals surface area contributed by atoms with E-state index >= 15 is 0 Å². The molecule has 0 aromatic heterocycles. The smallest absolute Gasteiger partial charge is 0.359 e. The van der Waals surface area contributed by atoms with Gasteiger partial charge in [-0.15, -0.1) is 6.58 Å². The average molecular weight is 201 g/mol. The first-order valence-corrected chi connectivity index (χ1v) is 4.83. The molecule has 0 spiro atoms. The molecule has 4 nitrogen and oxygen atoms in total. The van der Waals surface area contributed by atoms with E-state index in [2.05, 4.69) is 11.9 Å². The van der Waals surface area contributed by atoms with Crippen molar-refractivity contribution in [3.05, 3.63) is 12.7 Å². The maximum absolute atomic E-state index is 10.5. The number of quaternary nitrogens is 1. The third kappa shape index (κ3) is 7.76. The van der Waals surface area contributed by atoms with Crippen LogP contribution < -0.4 is 5.32 Å². The first-order chi connectivity index (χ1) is 6.48. The highest BCUT2D eigenvalue weighted by atomic mass is 16.4. The molecule has 0 bridgehead atoms. The summed E-state index contributed by atoms with van der Waals surface area (Å²) in [6, 6.07) is 0. The number of nitrogens with zero attached hydrogens (tertiary/aromatic N) is 1. The van der Waals surface area contributed by atoms with Gasteiger partial charge >= 0.3 is 5.97 Å². The minimum absolute atomic E-state index is 0.182. The van der Waals surface area contributed by atoms with Crippen LogP contribution >= 0.6 is 0 Å². The van der Waals surface area contributed by atoms with Crippen LogP contribution in [0, 0.1) is 0 Å². The van der Waals surface area contributed by atoms with E-state index in [4.69, 9.17) is 5.11 Å². The van der Waals surface area contributed by atoms with Crippen LogP contribution in [0.25, 0.3) is 0 Å². The van der Waals surface area contributed by atoms with Crippen molar-refractivity contribution >= 4 is 5.97 Å². The average Bonchev–Trinajstić information content (AvgIpc) is 2.01. The van der Waals surface area contributed by atoms with Crippen LogP contribution in [0.1, 0.15) is 6.42 Å². The van der Waals surface area contributed by atoms with E-state index in [0.717, 1.165) is 26.1 Å². The fraction of sp³-hybridized carbons (Fsp3) is 0.700. The summed E-state index contributed by atoms with van der Waals surface area (Å²) < 4.78 is 0.533. The van der Waals surface area contributed by atoms with Crippen LogP contribution in [0.5, 0.6) is 0 Å². The predicted octanol–water partition coefficient (Wildman–Crippen LogP) is 0.313. The Morgan fingerprint density at radius 2 is 2.21 bits per heavy atom. The quantitative estimate of drug-likeness (QED) is 0.338. The number of nitrogens with one attached hydrogen (secondary N) is 1. The SMILES string of the molecule is C=CCNCCC[N+](C)(C)CC(=O)O. The summed E-state index contributed by atoms with van der Waals surface area (Å²) in [5.74, 6) is -0.742. The Kier molecular flexibility index (Phi) is 6.16. The third-order valence-corrected chi connectivity index (χ3v) is 1.97. The fourth-order valence-corrected chi connectivity index (χ4v) is 1.28. The number of hydrogen-bond acceptors (Lipinski definition) is 2. The van der Waals surface area contributed by atoms with Gasteiger partial charge in [0.1, 0.15) is 0 Å². The maximum atomic E-state index is 10.5. The summed E-state index contributed by atoms with van der Waals surface area (Å²) in [5, 5.41) is 11.8. The number of hydrogen-bond donors (Lipinski definition) is 2. The van der Waals surface area contributed by atoms with E-state index in [1.807, 2.05) is 20.2 Å². The molecule has 0 aliphatic heterocycles. The van der Waals surface area contributed by atoms with Crippen molar-refractivity contribution in [2.24, 2.45) is 0 Å². The van der Waals surface area contributed by atoms with Gasteiger partial charge in [-0.3, -0.25) is 0 Å². The lowest BCUT2D eigenvalue weighted by atomic mass is 10.3. The molecule has 0 rings (SSSR count). The summed E-state index contributed by atoms with van der Waals surface area (Å²) in [4.78, 5) is 10.5. The number of carboxylic acids is 1. The Labute approximate surface area is 85.8 Å². The molecular formula is C10H21N2O2+. The molecular weight excluding hydrogens is 180 g/mol. The first kappa shape index (κ1) is 13.1. The largest absolute Gasteiger partial charge is 0.477 e. The number of aliphatic carboxylic acids is 1. The lowest BCUT2D eigenvalue weighted by molar-refractivity contribution is -0.883. The van der Waals surface area contributed by atoms with Gasteiger partial charge in [0.2, 0.25) is 0 Å². The van der Waals surface area contributed by atoms with Gasteiger partial charge in [0.25, 0.3) is 0 Å². The van der Waals surface area contributed by atoms with Crippen molar-refractivity contribution in [2.75, 3.05) is 40.3 Å². The van der Waals surface area contributed by atoms with Crippen molar-refractivity contribution in [2.45, 2.75) is 6.42 Å². The van der Waals surface area contributed by atoms with Crippen molar-refractivity contribution in [3.63, 3.8) is 0 Å². The van der Waals surface area contributed by atoms with Gasteiger partial charge in [0.05, 0.1) is 20.6 Å². The van der Waals surface area contributed by atoms with Gasteiger partial charge in [-0.2, -0.15) is 0 Å². The van der Waals surface area contributed by atoms with Crippen LogP contribution in [0.2, 0.25) is 0 Å². The topological polar surface area (TPSA) is 49.3 Å². The summed E-state index contributed by atoms with van der Waals surface area (Å²) in [6.45, 7) is 6.38. The highest BCUT2D eigenvalue weighted by molar-refractivity contribution is 5.67. The Morgan fingerprint density at radius 1 is 1.57 bits per heavy atom. The molecule has 0 amide bonds. The van der Waals surface area contributed by atoms with E-state index in [1.165, 1.54) is 0 Å². The highest BCUT2D eigenvalue weighted by Crippen LogP contribution is 1.97. The van der Waals surface area contributed by atoms with Crippen LogP contribution in [0.3, 0.4) is 0 Å². The molecule has 0 atom stereocenters. The van der Waals surface area contributed by atoms with E-state index < -0.39 is 5.97 Å². The van der Waals surface area contributed by atoms with Crippen LogP contribution in [0.4, 0.5) is 0 Å². The minimum atomic E-state index is -0.742. The normalized spacial score (nSPS) is 11.3. The van der Waals surface area contributed by atoms with Crippen molar-refractivity contribution in [1.82, 2.24) is 5.32 Å². The zero-order valence-electron chi connectivity index (χ0n) is 9.12. The molecule has 0 fully saturated rings. The molecule has 82 valence electrons. The fourth-order valence-electron chi connectivity index (χ4n) is 1.28. The zero-order chi connectivity index (χ0) is 11.0. The van der Waals surface area contributed by atoms with Gasteiger partial charge < -0.3 is 14.9 Å². The van der Waals surface area contributed by atoms with E-state index in [-0.39, 0.29) is 6.54 Å². The first-order valence-electron chi connectivity index (χ1n) is 4.83. The summed E-state index contributed by atoms with van der Waals surface area (Å²) >= 11 is 0. The molecule has 0 unspecified atom stereocenters. The van der Waals surface area contributed by atoms with Crippen molar-refractivity contribution < 1.29 is 14.4 Å². The molecule has 0 heterocycles. The Hall–Kier alpha value is -0.870. The lowest BCUT2D eigenvalue weighted by Crippen LogP contribution is -2.45. The second kappa shape index (κ2) is 6.56. The number of likely N-dealkylation sites (N-methyl/N-ethyl adjacent to an activating group) is 1. The third-order valence-electron chi connectivity index (χ3n) is 1.97. The molecule has 0 aliphatic carbocycles. The Bertz CT molecular complexity index is 191. The van der Waals surface area contributed by atoms with Crippen LogP contribution in [-0.4, -0.2) is 55.8 Å². The molecule has 4 heteroatoms. The summed E-state index contributed by atoms with van der Waals surface area (Å²) in [6.07, 6.45) is 2.80. The molecule has 0 aliphatic rings. The maximum Gasteiger partial charge on any atom is 0.359 e. The molecule has 2 N–H and O–H groups in total. The number of rotatable bonds is 8. The van der Waals surface area contributed by atoms with Gasteiger partial charge in [-0.05, 0) is 0 Å². The molecule has 0 saturated carbocycles. The standard InChI is InChI=1S/C10H20N2O2/c1-4-6-11-7-5-8-12(2,3)9-10(13)14/h4,11H,1,5-9H2,2-3H3/p+1. The van der Waals surface area contributed by atoms with Crippen molar-refractivity contribution in [3.8, 4) is 0 Å². The van der Waals surface area contributed by atoms with E-state index in [1.54, 1.807) is 0 Å². The molecule has 0 aromatic carbocycles.